The first-order valence-corrected chi connectivity index (χ1v) is 7.61. The Morgan fingerprint density at radius 2 is 2.11 bits per heavy atom. The molecule has 19 heavy (non-hydrogen) atoms. The van der Waals surface area contributed by atoms with E-state index in [0.29, 0.717) is 5.92 Å². The van der Waals surface area contributed by atoms with Gasteiger partial charge in [-0.05, 0) is 39.0 Å². The standard InChI is InChI=1S/C15H30N2O2/c1-6-15(5)14(18)17(9-8-10-19-7-2)13(16-15)11-12(3)4/h12-13,16H,6-11H2,1-5H3. The zero-order valence-electron chi connectivity index (χ0n) is 13.2. The van der Waals surface area contributed by atoms with Crippen LogP contribution in [0.15, 0.2) is 0 Å². The Hall–Kier alpha value is -0.610. The average molecular weight is 270 g/mol. The molecule has 0 spiro atoms. The third kappa shape index (κ3) is 4.18. The zero-order valence-corrected chi connectivity index (χ0v) is 13.2. The van der Waals surface area contributed by atoms with Crippen LogP contribution in [0.5, 0.6) is 0 Å². The van der Waals surface area contributed by atoms with E-state index < -0.39 is 0 Å². The minimum atomic E-state index is -0.384. The summed E-state index contributed by atoms with van der Waals surface area (Å²) in [6.07, 6.45) is 2.94. The number of ether oxygens (including phenoxy) is 1. The molecule has 0 aromatic heterocycles. The molecule has 4 nitrogen and oxygen atoms in total. The summed E-state index contributed by atoms with van der Waals surface area (Å²) in [7, 11) is 0. The molecule has 2 unspecified atom stereocenters. The highest BCUT2D eigenvalue weighted by Crippen LogP contribution is 2.26. The van der Waals surface area contributed by atoms with Crippen LogP contribution in [0.2, 0.25) is 0 Å². The summed E-state index contributed by atoms with van der Waals surface area (Å²) in [4.78, 5) is 14.6. The number of hydrogen-bond acceptors (Lipinski definition) is 3. The fourth-order valence-electron chi connectivity index (χ4n) is 2.59. The molecule has 1 fully saturated rings. The number of rotatable bonds is 8. The molecular weight excluding hydrogens is 240 g/mol. The third-order valence-electron chi connectivity index (χ3n) is 3.89. The second-order valence-corrected chi connectivity index (χ2v) is 6.02. The molecule has 4 heteroatoms. The summed E-state index contributed by atoms with van der Waals surface area (Å²) in [5, 5.41) is 3.52. The van der Waals surface area contributed by atoms with E-state index in [4.69, 9.17) is 4.74 Å². The fraction of sp³-hybridized carbons (Fsp3) is 0.933. The minimum absolute atomic E-state index is 0.180. The van der Waals surface area contributed by atoms with Crippen molar-refractivity contribution in [1.82, 2.24) is 10.2 Å². The summed E-state index contributed by atoms with van der Waals surface area (Å²) in [5.74, 6) is 0.830. The molecule has 1 saturated heterocycles. The van der Waals surface area contributed by atoms with Crippen LogP contribution in [0, 0.1) is 5.92 Å². The first kappa shape index (κ1) is 16.4. The molecule has 1 N–H and O–H groups in total. The molecular formula is C15H30N2O2. The van der Waals surface area contributed by atoms with Crippen molar-refractivity contribution in [3.05, 3.63) is 0 Å². The molecule has 1 rings (SSSR count). The van der Waals surface area contributed by atoms with Crippen molar-refractivity contribution >= 4 is 5.91 Å². The predicted molar refractivity (Wildman–Crippen MR) is 77.9 cm³/mol. The first-order valence-electron chi connectivity index (χ1n) is 7.61. The van der Waals surface area contributed by atoms with Gasteiger partial charge in [-0.25, -0.2) is 0 Å². The normalized spacial score (nSPS) is 27.6. The smallest absolute Gasteiger partial charge is 0.243 e. The van der Waals surface area contributed by atoms with E-state index in [-0.39, 0.29) is 17.6 Å². The molecule has 0 radical (unpaired) electrons. The van der Waals surface area contributed by atoms with Crippen molar-refractivity contribution in [3.8, 4) is 0 Å². The van der Waals surface area contributed by atoms with E-state index in [0.717, 1.165) is 39.0 Å². The summed E-state index contributed by atoms with van der Waals surface area (Å²) in [6, 6.07) is 0. The summed E-state index contributed by atoms with van der Waals surface area (Å²) in [5.41, 5.74) is -0.384. The Labute approximate surface area is 117 Å². The summed E-state index contributed by atoms with van der Waals surface area (Å²) in [6.45, 7) is 12.8. The maximum Gasteiger partial charge on any atom is 0.243 e. The Balaban J connectivity index is 2.63. The molecule has 0 saturated carbocycles. The Bertz CT molecular complexity index is 294. The molecule has 0 aromatic carbocycles. The molecule has 0 bridgehead atoms. The van der Waals surface area contributed by atoms with Crippen LogP contribution >= 0.6 is 0 Å². The van der Waals surface area contributed by atoms with Crippen LogP contribution in [0.4, 0.5) is 0 Å². The van der Waals surface area contributed by atoms with Crippen molar-refractivity contribution < 1.29 is 9.53 Å². The SMILES string of the molecule is CCOCCCN1C(=O)C(C)(CC)NC1CC(C)C. The number of carbonyl (C=O) groups is 1. The number of amides is 1. The van der Waals surface area contributed by atoms with E-state index >= 15 is 0 Å². The number of hydrogen-bond donors (Lipinski definition) is 1. The molecule has 1 amide bonds. The zero-order chi connectivity index (χ0) is 14.5. The van der Waals surface area contributed by atoms with Gasteiger partial charge in [0.2, 0.25) is 5.91 Å². The van der Waals surface area contributed by atoms with E-state index in [1.807, 2.05) is 18.7 Å². The van der Waals surface area contributed by atoms with Gasteiger partial charge in [0.15, 0.2) is 0 Å². The second kappa shape index (κ2) is 7.25. The summed E-state index contributed by atoms with van der Waals surface area (Å²) >= 11 is 0. The monoisotopic (exact) mass is 270 g/mol. The van der Waals surface area contributed by atoms with Crippen LogP contribution in [-0.4, -0.2) is 42.3 Å². The van der Waals surface area contributed by atoms with Crippen LogP contribution in [0.3, 0.4) is 0 Å². The van der Waals surface area contributed by atoms with E-state index in [1.54, 1.807) is 0 Å². The average Bonchev–Trinajstić information content (AvgIpc) is 2.58. The second-order valence-electron chi connectivity index (χ2n) is 6.02. The van der Waals surface area contributed by atoms with Gasteiger partial charge in [0, 0.05) is 19.8 Å². The Morgan fingerprint density at radius 1 is 1.42 bits per heavy atom. The van der Waals surface area contributed by atoms with Gasteiger partial charge in [0.05, 0.1) is 11.7 Å². The van der Waals surface area contributed by atoms with Crippen LogP contribution < -0.4 is 5.32 Å². The highest BCUT2D eigenvalue weighted by molar-refractivity contribution is 5.88. The number of nitrogens with one attached hydrogen (secondary N) is 1. The third-order valence-corrected chi connectivity index (χ3v) is 3.89. The van der Waals surface area contributed by atoms with Gasteiger partial charge in [-0.2, -0.15) is 0 Å². The summed E-state index contributed by atoms with van der Waals surface area (Å²) < 4.78 is 5.36. The highest BCUT2D eigenvalue weighted by Gasteiger charge is 2.46. The van der Waals surface area contributed by atoms with Crippen molar-refractivity contribution in [3.63, 3.8) is 0 Å². The van der Waals surface area contributed by atoms with Gasteiger partial charge in [0.25, 0.3) is 0 Å². The van der Waals surface area contributed by atoms with Crippen LogP contribution in [0.1, 0.15) is 53.9 Å². The van der Waals surface area contributed by atoms with E-state index in [2.05, 4.69) is 26.1 Å². The maximum atomic E-state index is 12.5. The molecule has 1 aliphatic rings. The Kier molecular flexibility index (Phi) is 6.27. The quantitative estimate of drug-likeness (QED) is 0.689. The number of nitrogens with zero attached hydrogens (tertiary/aromatic N) is 1. The van der Waals surface area contributed by atoms with Gasteiger partial charge >= 0.3 is 0 Å². The van der Waals surface area contributed by atoms with Gasteiger partial charge < -0.3 is 9.64 Å². The largest absolute Gasteiger partial charge is 0.382 e. The van der Waals surface area contributed by atoms with Gasteiger partial charge in [-0.3, -0.25) is 10.1 Å². The van der Waals surface area contributed by atoms with Gasteiger partial charge in [-0.15, -0.1) is 0 Å². The van der Waals surface area contributed by atoms with Crippen molar-refractivity contribution in [2.45, 2.75) is 65.6 Å². The van der Waals surface area contributed by atoms with Crippen molar-refractivity contribution in [2.75, 3.05) is 19.8 Å². The van der Waals surface area contributed by atoms with Crippen molar-refractivity contribution in [1.29, 1.82) is 0 Å². The first-order chi connectivity index (χ1) is 8.94. The number of carbonyl (C=O) groups excluding carboxylic acids is 1. The topological polar surface area (TPSA) is 41.6 Å². The molecule has 2 atom stereocenters. The lowest BCUT2D eigenvalue weighted by Crippen LogP contribution is -2.44. The fourth-order valence-corrected chi connectivity index (χ4v) is 2.59. The minimum Gasteiger partial charge on any atom is -0.382 e. The predicted octanol–water partition coefficient (Wildman–Crippen LogP) is 2.39. The van der Waals surface area contributed by atoms with Crippen LogP contribution in [0.25, 0.3) is 0 Å². The molecule has 0 aromatic rings. The van der Waals surface area contributed by atoms with E-state index in [1.165, 1.54) is 0 Å². The van der Waals surface area contributed by atoms with E-state index in [9.17, 15) is 4.79 Å². The molecule has 0 aliphatic carbocycles. The lowest BCUT2D eigenvalue weighted by atomic mass is 9.99. The lowest BCUT2D eigenvalue weighted by Gasteiger charge is -2.25. The van der Waals surface area contributed by atoms with Crippen LogP contribution in [-0.2, 0) is 9.53 Å². The van der Waals surface area contributed by atoms with Gasteiger partial charge in [0.1, 0.15) is 0 Å². The Morgan fingerprint density at radius 3 is 2.63 bits per heavy atom. The molecule has 112 valence electrons. The van der Waals surface area contributed by atoms with Gasteiger partial charge in [-0.1, -0.05) is 20.8 Å². The molecule has 1 aliphatic heterocycles. The lowest BCUT2D eigenvalue weighted by molar-refractivity contribution is -0.133. The highest BCUT2D eigenvalue weighted by atomic mass is 16.5. The molecule has 1 heterocycles. The maximum absolute atomic E-state index is 12.5. The van der Waals surface area contributed by atoms with Crippen molar-refractivity contribution in [2.24, 2.45) is 5.92 Å².